The van der Waals surface area contributed by atoms with Gasteiger partial charge < -0.3 is 4.90 Å². The third-order valence-electron chi connectivity index (χ3n) is 3.51. The fraction of sp³-hybridized carbons (Fsp3) is 0.538. The molecule has 1 aromatic rings. The van der Waals surface area contributed by atoms with Gasteiger partial charge in [0.25, 0.3) is 0 Å². The van der Waals surface area contributed by atoms with Crippen LogP contribution in [-0.4, -0.2) is 36.5 Å². The summed E-state index contributed by atoms with van der Waals surface area (Å²) in [6.45, 7) is 2.43. The first-order valence-corrected chi connectivity index (χ1v) is 9.00. The molecule has 0 aromatic carbocycles. The molecule has 5 nitrogen and oxygen atoms in total. The molecule has 20 heavy (non-hydrogen) atoms. The van der Waals surface area contributed by atoms with Crippen molar-refractivity contribution in [3.8, 4) is 0 Å². The van der Waals surface area contributed by atoms with Crippen LogP contribution in [0, 0.1) is 5.92 Å². The molecule has 1 saturated heterocycles. The van der Waals surface area contributed by atoms with Gasteiger partial charge in [-0.1, -0.05) is 13.0 Å². The molecule has 1 aromatic heterocycles. The summed E-state index contributed by atoms with van der Waals surface area (Å²) in [5.74, 6) is -0.401. The summed E-state index contributed by atoms with van der Waals surface area (Å²) in [4.78, 5) is 17.9. The number of amides is 1. The number of aromatic nitrogens is 1. The van der Waals surface area contributed by atoms with Crippen molar-refractivity contribution < 1.29 is 13.2 Å². The lowest BCUT2D eigenvalue weighted by atomic mass is 10.1. The second-order valence-electron chi connectivity index (χ2n) is 5.03. The highest BCUT2D eigenvalue weighted by Crippen LogP contribution is 2.31. The fourth-order valence-electron chi connectivity index (χ4n) is 2.71. The van der Waals surface area contributed by atoms with E-state index in [2.05, 4.69) is 4.98 Å². The lowest BCUT2D eigenvalue weighted by molar-refractivity contribution is -0.129. The predicted molar refractivity (Wildman–Crippen MR) is 76.7 cm³/mol. The van der Waals surface area contributed by atoms with E-state index in [4.69, 9.17) is 10.7 Å². The first-order valence-electron chi connectivity index (χ1n) is 6.52. The van der Waals surface area contributed by atoms with Crippen LogP contribution in [0.15, 0.2) is 24.5 Å². The molecule has 2 rings (SSSR count). The zero-order valence-electron chi connectivity index (χ0n) is 11.2. The molecule has 1 aliphatic heterocycles. The van der Waals surface area contributed by atoms with Gasteiger partial charge in [-0.3, -0.25) is 9.78 Å². The van der Waals surface area contributed by atoms with E-state index in [0.29, 0.717) is 6.54 Å². The van der Waals surface area contributed by atoms with Crippen molar-refractivity contribution in [2.45, 2.75) is 25.8 Å². The van der Waals surface area contributed by atoms with E-state index < -0.39 is 9.05 Å². The second-order valence-corrected chi connectivity index (χ2v) is 7.85. The Morgan fingerprint density at radius 1 is 1.55 bits per heavy atom. The van der Waals surface area contributed by atoms with Gasteiger partial charge in [0.2, 0.25) is 15.0 Å². The van der Waals surface area contributed by atoms with E-state index in [-0.39, 0.29) is 30.0 Å². The number of carbonyl (C=O) groups excluding carboxylic acids is 1. The van der Waals surface area contributed by atoms with Crippen molar-refractivity contribution in [2.24, 2.45) is 5.92 Å². The summed E-state index contributed by atoms with van der Waals surface area (Å²) in [7, 11) is 1.70. The van der Waals surface area contributed by atoms with E-state index in [1.54, 1.807) is 17.3 Å². The molecule has 2 unspecified atom stereocenters. The Bertz CT molecular complexity index is 577. The van der Waals surface area contributed by atoms with Crippen molar-refractivity contribution in [1.29, 1.82) is 0 Å². The number of rotatable bonds is 5. The molecule has 0 N–H and O–H groups in total. The summed E-state index contributed by atoms with van der Waals surface area (Å²) in [6.07, 6.45) is 4.43. The number of hydrogen-bond donors (Lipinski definition) is 0. The van der Waals surface area contributed by atoms with Crippen molar-refractivity contribution in [1.82, 2.24) is 9.88 Å². The van der Waals surface area contributed by atoms with Crippen LogP contribution >= 0.6 is 10.7 Å². The quantitative estimate of drug-likeness (QED) is 0.779. The van der Waals surface area contributed by atoms with Crippen LogP contribution in [0.5, 0.6) is 0 Å². The van der Waals surface area contributed by atoms with Crippen molar-refractivity contribution in [3.63, 3.8) is 0 Å². The molecular formula is C13H17ClN2O3S. The summed E-state index contributed by atoms with van der Waals surface area (Å²) < 4.78 is 22.3. The molecule has 0 radical (unpaired) electrons. The maximum atomic E-state index is 12.1. The van der Waals surface area contributed by atoms with Crippen LogP contribution in [0.1, 0.15) is 31.4 Å². The van der Waals surface area contributed by atoms with Crippen molar-refractivity contribution in [3.05, 3.63) is 30.1 Å². The van der Waals surface area contributed by atoms with Crippen LogP contribution in [0.25, 0.3) is 0 Å². The zero-order chi connectivity index (χ0) is 14.8. The third-order valence-corrected chi connectivity index (χ3v) is 4.75. The number of halogens is 1. The molecule has 1 fully saturated rings. The standard InChI is InChI=1S/C13H17ClN2O3S/c1-2-12(11-4-3-5-15-7-11)16-8-10(6-13(16)17)9-20(14,18)19/h3-5,7,10,12H,2,6,8-9H2,1H3. The fourth-order valence-corrected chi connectivity index (χ4v) is 4.03. The Labute approximate surface area is 123 Å². The maximum Gasteiger partial charge on any atom is 0.232 e. The molecule has 1 aliphatic rings. The van der Waals surface area contributed by atoms with Crippen LogP contribution in [0.2, 0.25) is 0 Å². The number of pyridine rings is 1. The molecule has 2 atom stereocenters. The highest BCUT2D eigenvalue weighted by molar-refractivity contribution is 8.13. The normalized spacial score (nSPS) is 21.2. The Hall–Kier alpha value is -1.14. The van der Waals surface area contributed by atoms with Gasteiger partial charge in [0.05, 0.1) is 11.8 Å². The number of carbonyl (C=O) groups is 1. The van der Waals surface area contributed by atoms with Gasteiger partial charge in [-0.15, -0.1) is 0 Å². The maximum absolute atomic E-state index is 12.1. The highest BCUT2D eigenvalue weighted by atomic mass is 35.7. The van der Waals surface area contributed by atoms with E-state index in [1.807, 2.05) is 19.1 Å². The molecular weight excluding hydrogens is 300 g/mol. The van der Waals surface area contributed by atoms with E-state index in [0.717, 1.165) is 12.0 Å². The number of nitrogens with zero attached hydrogens (tertiary/aromatic N) is 2. The molecule has 0 bridgehead atoms. The SMILES string of the molecule is CCC(c1cccnc1)N1CC(CS(=O)(=O)Cl)CC1=O. The predicted octanol–water partition coefficient (Wildman–Crippen LogP) is 1.95. The average Bonchev–Trinajstić information content (AvgIpc) is 2.70. The Balaban J connectivity index is 2.14. The molecule has 1 amide bonds. The lowest BCUT2D eigenvalue weighted by Gasteiger charge is -2.27. The van der Waals surface area contributed by atoms with Gasteiger partial charge in [0.1, 0.15) is 0 Å². The van der Waals surface area contributed by atoms with Gasteiger partial charge in [0.15, 0.2) is 0 Å². The largest absolute Gasteiger partial charge is 0.335 e. The highest BCUT2D eigenvalue weighted by Gasteiger charge is 2.36. The smallest absolute Gasteiger partial charge is 0.232 e. The minimum absolute atomic E-state index is 0.0222. The first kappa shape index (κ1) is 15.3. The van der Waals surface area contributed by atoms with E-state index in [9.17, 15) is 13.2 Å². The van der Waals surface area contributed by atoms with Crippen molar-refractivity contribution in [2.75, 3.05) is 12.3 Å². The number of hydrogen-bond acceptors (Lipinski definition) is 4. The molecule has 7 heteroatoms. The molecule has 0 saturated carbocycles. The molecule has 2 heterocycles. The summed E-state index contributed by atoms with van der Waals surface area (Å²) >= 11 is 0. The van der Waals surface area contributed by atoms with Crippen LogP contribution in [0.3, 0.4) is 0 Å². The van der Waals surface area contributed by atoms with Gasteiger partial charge >= 0.3 is 0 Å². The summed E-state index contributed by atoms with van der Waals surface area (Å²) in [5.41, 5.74) is 0.970. The topological polar surface area (TPSA) is 67.3 Å². The summed E-state index contributed by atoms with van der Waals surface area (Å²) in [5, 5.41) is 0. The van der Waals surface area contributed by atoms with E-state index in [1.165, 1.54) is 0 Å². The van der Waals surface area contributed by atoms with E-state index >= 15 is 0 Å². The number of likely N-dealkylation sites (tertiary alicyclic amines) is 1. The van der Waals surface area contributed by atoms with Crippen LogP contribution < -0.4 is 0 Å². The molecule has 0 aliphatic carbocycles. The lowest BCUT2D eigenvalue weighted by Crippen LogP contribution is -2.30. The summed E-state index contributed by atoms with van der Waals surface area (Å²) in [6, 6.07) is 3.71. The zero-order valence-corrected chi connectivity index (χ0v) is 12.8. The minimum Gasteiger partial charge on any atom is -0.335 e. The first-order chi connectivity index (χ1) is 9.40. The third kappa shape index (κ3) is 3.70. The second kappa shape index (κ2) is 6.10. The van der Waals surface area contributed by atoms with Crippen LogP contribution in [-0.2, 0) is 13.8 Å². The minimum atomic E-state index is -3.57. The molecule has 0 spiro atoms. The van der Waals surface area contributed by atoms with Gasteiger partial charge in [-0.2, -0.15) is 0 Å². The Morgan fingerprint density at radius 3 is 2.85 bits per heavy atom. The Kier molecular flexibility index (Phi) is 4.65. The van der Waals surface area contributed by atoms with Crippen LogP contribution in [0.4, 0.5) is 0 Å². The molecule has 110 valence electrons. The monoisotopic (exact) mass is 316 g/mol. The van der Waals surface area contributed by atoms with Gasteiger partial charge in [-0.25, -0.2) is 8.42 Å². The van der Waals surface area contributed by atoms with Gasteiger partial charge in [0, 0.05) is 42.0 Å². The average molecular weight is 317 g/mol. The van der Waals surface area contributed by atoms with Gasteiger partial charge in [-0.05, 0) is 18.1 Å². The van der Waals surface area contributed by atoms with Crippen molar-refractivity contribution >= 4 is 25.6 Å². The Morgan fingerprint density at radius 2 is 2.30 bits per heavy atom.